The summed E-state index contributed by atoms with van der Waals surface area (Å²) < 4.78 is 5.21. The van der Waals surface area contributed by atoms with Gasteiger partial charge >= 0.3 is 0 Å². The highest BCUT2D eigenvalue weighted by Crippen LogP contribution is 2.17. The van der Waals surface area contributed by atoms with Crippen LogP contribution in [0.3, 0.4) is 0 Å². The molecule has 0 bridgehead atoms. The highest BCUT2D eigenvalue weighted by Gasteiger charge is 2.09. The van der Waals surface area contributed by atoms with Gasteiger partial charge < -0.3 is 4.42 Å². The van der Waals surface area contributed by atoms with Crippen LogP contribution >= 0.6 is 11.8 Å². The van der Waals surface area contributed by atoms with Gasteiger partial charge in [0.2, 0.25) is 5.89 Å². The molecule has 0 N–H and O–H groups in total. The zero-order chi connectivity index (χ0) is 13.7. The molecule has 0 radical (unpaired) electrons. The molecule has 0 fully saturated rings. The molecule has 0 aliphatic heterocycles. The summed E-state index contributed by atoms with van der Waals surface area (Å²) in [4.78, 5) is 12.0. The predicted molar refractivity (Wildman–Crippen MR) is 74.5 cm³/mol. The Kier molecular flexibility index (Phi) is 4.74. The molecule has 0 unspecified atom stereocenters. The van der Waals surface area contributed by atoms with Crippen molar-refractivity contribution in [1.29, 1.82) is 0 Å². The molecule has 100 valence electrons. The van der Waals surface area contributed by atoms with Crippen LogP contribution in [0.4, 0.5) is 0 Å². The lowest BCUT2D eigenvalue weighted by Crippen LogP contribution is -2.02. The summed E-state index contributed by atoms with van der Waals surface area (Å²) in [6, 6.07) is 7.79. The Labute approximate surface area is 116 Å². The number of carbonyl (C=O) groups is 1. The number of carbonyl (C=O) groups excluding carboxylic acids is 1. The number of hydrogen-bond donors (Lipinski definition) is 0. The lowest BCUT2D eigenvalue weighted by atomic mass is 10.1. The van der Waals surface area contributed by atoms with E-state index in [-0.39, 0.29) is 5.78 Å². The number of aromatic nitrogens is 2. The van der Waals surface area contributed by atoms with Crippen molar-refractivity contribution in [2.24, 2.45) is 0 Å². The summed E-state index contributed by atoms with van der Waals surface area (Å²) in [5.41, 5.74) is 1.99. The lowest BCUT2D eigenvalue weighted by Gasteiger charge is -2.01. The van der Waals surface area contributed by atoms with Gasteiger partial charge in [-0.15, -0.1) is 10.2 Å². The maximum absolute atomic E-state index is 12.0. The number of aryl methyl sites for hydroxylation is 2. The number of ketones is 1. The van der Waals surface area contributed by atoms with E-state index in [1.165, 1.54) is 17.3 Å². The van der Waals surface area contributed by atoms with Crippen LogP contribution in [-0.2, 0) is 6.42 Å². The first-order chi connectivity index (χ1) is 9.19. The van der Waals surface area contributed by atoms with Crippen LogP contribution in [0.25, 0.3) is 0 Å². The van der Waals surface area contributed by atoms with E-state index >= 15 is 0 Å². The van der Waals surface area contributed by atoms with Gasteiger partial charge in [-0.25, -0.2) is 0 Å². The van der Waals surface area contributed by atoms with E-state index in [1.54, 1.807) is 6.92 Å². The van der Waals surface area contributed by atoms with Gasteiger partial charge in [0.15, 0.2) is 5.78 Å². The third kappa shape index (κ3) is 3.92. The van der Waals surface area contributed by atoms with Crippen LogP contribution in [0.1, 0.15) is 35.2 Å². The van der Waals surface area contributed by atoms with Gasteiger partial charge in [-0.3, -0.25) is 4.79 Å². The maximum Gasteiger partial charge on any atom is 0.277 e. The lowest BCUT2D eigenvalue weighted by molar-refractivity contribution is 0.102. The summed E-state index contributed by atoms with van der Waals surface area (Å²) in [6.45, 7) is 3.87. The Morgan fingerprint density at radius 3 is 2.58 bits per heavy atom. The fourth-order valence-electron chi connectivity index (χ4n) is 1.69. The van der Waals surface area contributed by atoms with E-state index in [0.717, 1.165) is 18.4 Å². The number of Topliss-reactive ketones (excluding diaryl/α,β-unsaturated/α-hetero) is 1. The smallest absolute Gasteiger partial charge is 0.277 e. The minimum atomic E-state index is 0.0731. The third-order valence-corrected chi connectivity index (χ3v) is 3.47. The quantitative estimate of drug-likeness (QED) is 0.598. The SMILES string of the molecule is CCCc1ccc(C(=O)CSc2nnc(C)o2)cc1. The van der Waals surface area contributed by atoms with Crippen molar-refractivity contribution in [3.63, 3.8) is 0 Å². The van der Waals surface area contributed by atoms with Crippen LogP contribution in [0, 0.1) is 6.92 Å². The second kappa shape index (κ2) is 6.52. The van der Waals surface area contributed by atoms with Gasteiger partial charge in [0.1, 0.15) is 0 Å². The summed E-state index contributed by atoms with van der Waals surface area (Å²) in [6.07, 6.45) is 2.16. The van der Waals surface area contributed by atoms with Crippen molar-refractivity contribution in [3.8, 4) is 0 Å². The van der Waals surface area contributed by atoms with Crippen molar-refractivity contribution >= 4 is 17.5 Å². The van der Waals surface area contributed by atoms with Crippen LogP contribution in [-0.4, -0.2) is 21.7 Å². The topological polar surface area (TPSA) is 56.0 Å². The minimum absolute atomic E-state index is 0.0731. The van der Waals surface area contributed by atoms with Gasteiger partial charge in [0.25, 0.3) is 5.22 Å². The second-order valence-corrected chi connectivity index (χ2v) is 5.17. The van der Waals surface area contributed by atoms with E-state index in [2.05, 4.69) is 17.1 Å². The molecule has 0 aliphatic carbocycles. The van der Waals surface area contributed by atoms with Gasteiger partial charge in [0, 0.05) is 12.5 Å². The van der Waals surface area contributed by atoms with Gasteiger partial charge in [0.05, 0.1) is 5.75 Å². The van der Waals surface area contributed by atoms with E-state index < -0.39 is 0 Å². The molecule has 0 amide bonds. The van der Waals surface area contributed by atoms with Crippen molar-refractivity contribution < 1.29 is 9.21 Å². The van der Waals surface area contributed by atoms with E-state index in [4.69, 9.17) is 4.42 Å². The number of nitrogens with zero attached hydrogens (tertiary/aromatic N) is 2. The van der Waals surface area contributed by atoms with E-state index in [1.807, 2.05) is 24.3 Å². The third-order valence-electron chi connectivity index (χ3n) is 2.65. The first kappa shape index (κ1) is 13.8. The molecule has 0 atom stereocenters. The number of rotatable bonds is 6. The zero-order valence-corrected chi connectivity index (χ0v) is 11.9. The molecule has 2 aromatic rings. The molecule has 19 heavy (non-hydrogen) atoms. The summed E-state index contributed by atoms with van der Waals surface area (Å²) in [5, 5.41) is 8.00. The van der Waals surface area contributed by atoms with Crippen LogP contribution < -0.4 is 0 Å². The summed E-state index contributed by atoms with van der Waals surface area (Å²) in [7, 11) is 0. The van der Waals surface area contributed by atoms with Crippen molar-refractivity contribution in [2.75, 3.05) is 5.75 Å². The fraction of sp³-hybridized carbons (Fsp3) is 0.357. The highest BCUT2D eigenvalue weighted by atomic mass is 32.2. The number of hydrogen-bond acceptors (Lipinski definition) is 5. The standard InChI is InChI=1S/C14H16N2O2S/c1-3-4-11-5-7-12(8-6-11)13(17)9-19-14-16-15-10(2)18-14/h5-8H,3-4,9H2,1-2H3. The predicted octanol–water partition coefficient (Wildman–Crippen LogP) is 3.31. The van der Waals surface area contributed by atoms with Crippen LogP contribution in [0.5, 0.6) is 0 Å². The normalized spacial score (nSPS) is 10.6. The Morgan fingerprint density at radius 2 is 2.00 bits per heavy atom. The average Bonchev–Trinajstić information content (AvgIpc) is 2.83. The van der Waals surface area contributed by atoms with Crippen molar-refractivity contribution in [2.45, 2.75) is 31.9 Å². The minimum Gasteiger partial charge on any atom is -0.416 e. The Morgan fingerprint density at radius 1 is 1.26 bits per heavy atom. The zero-order valence-electron chi connectivity index (χ0n) is 11.0. The highest BCUT2D eigenvalue weighted by molar-refractivity contribution is 7.99. The molecule has 1 aromatic heterocycles. The Balaban J connectivity index is 1.92. The average molecular weight is 276 g/mol. The van der Waals surface area contributed by atoms with Gasteiger partial charge in [-0.05, 0) is 12.0 Å². The van der Waals surface area contributed by atoms with Crippen LogP contribution in [0.2, 0.25) is 0 Å². The van der Waals surface area contributed by atoms with Crippen LogP contribution in [0.15, 0.2) is 33.9 Å². The largest absolute Gasteiger partial charge is 0.416 e. The van der Waals surface area contributed by atoms with E-state index in [9.17, 15) is 4.79 Å². The van der Waals surface area contributed by atoms with Crippen molar-refractivity contribution in [3.05, 3.63) is 41.3 Å². The van der Waals surface area contributed by atoms with Crippen molar-refractivity contribution in [1.82, 2.24) is 10.2 Å². The van der Waals surface area contributed by atoms with Gasteiger partial charge in [-0.1, -0.05) is 49.4 Å². The molecular formula is C14H16N2O2S. The summed E-state index contributed by atoms with van der Waals surface area (Å²) >= 11 is 1.27. The first-order valence-electron chi connectivity index (χ1n) is 6.24. The monoisotopic (exact) mass is 276 g/mol. The molecule has 1 aromatic carbocycles. The molecular weight excluding hydrogens is 260 g/mol. The molecule has 5 heteroatoms. The maximum atomic E-state index is 12.0. The molecule has 0 saturated heterocycles. The number of thioether (sulfide) groups is 1. The first-order valence-corrected chi connectivity index (χ1v) is 7.22. The second-order valence-electron chi connectivity index (χ2n) is 4.25. The Hall–Kier alpha value is -1.62. The molecule has 2 rings (SSSR count). The number of benzene rings is 1. The molecule has 4 nitrogen and oxygen atoms in total. The molecule has 0 aliphatic rings. The van der Waals surface area contributed by atoms with E-state index in [0.29, 0.717) is 16.9 Å². The fourth-order valence-corrected chi connectivity index (χ4v) is 2.39. The molecule has 1 heterocycles. The van der Waals surface area contributed by atoms with Gasteiger partial charge in [-0.2, -0.15) is 0 Å². The Bertz CT molecular complexity index is 549. The molecule has 0 spiro atoms. The molecule has 0 saturated carbocycles. The summed E-state index contributed by atoms with van der Waals surface area (Å²) in [5.74, 6) is 0.900.